The van der Waals surface area contributed by atoms with E-state index in [2.05, 4.69) is 15.9 Å². The van der Waals surface area contributed by atoms with Crippen molar-refractivity contribution in [3.63, 3.8) is 0 Å². The van der Waals surface area contributed by atoms with Crippen molar-refractivity contribution in [1.29, 1.82) is 0 Å². The van der Waals surface area contributed by atoms with E-state index in [-0.39, 0.29) is 11.7 Å². The molecule has 1 aromatic carbocycles. The molecule has 3 heteroatoms. The van der Waals surface area contributed by atoms with Crippen molar-refractivity contribution in [3.8, 4) is 5.75 Å². The molecule has 0 amide bonds. The van der Waals surface area contributed by atoms with E-state index in [1.165, 1.54) is 0 Å². The topological polar surface area (TPSA) is 37.3 Å². The number of rotatable bonds is 2. The molecule has 2 nitrogen and oxygen atoms in total. The van der Waals surface area contributed by atoms with Crippen LogP contribution < -0.4 is 0 Å². The van der Waals surface area contributed by atoms with Crippen molar-refractivity contribution >= 4 is 22.2 Å². The number of aldehydes is 1. The third-order valence-corrected chi connectivity index (χ3v) is 2.57. The van der Waals surface area contributed by atoms with Gasteiger partial charge in [-0.05, 0) is 27.6 Å². The van der Waals surface area contributed by atoms with Crippen LogP contribution in [0.15, 0.2) is 22.7 Å². The van der Waals surface area contributed by atoms with Gasteiger partial charge in [-0.1, -0.05) is 19.1 Å². The molecule has 0 heterocycles. The van der Waals surface area contributed by atoms with Gasteiger partial charge in [-0.2, -0.15) is 0 Å². The summed E-state index contributed by atoms with van der Waals surface area (Å²) < 4.78 is 0.601. The fraction of sp³-hybridized carbons (Fsp3) is 0.222. The number of halogens is 1. The van der Waals surface area contributed by atoms with E-state index in [0.717, 1.165) is 11.8 Å². The van der Waals surface area contributed by atoms with Gasteiger partial charge in [-0.25, -0.2) is 0 Å². The van der Waals surface area contributed by atoms with Gasteiger partial charge in [0.15, 0.2) is 0 Å². The van der Waals surface area contributed by atoms with E-state index in [1.807, 2.05) is 6.07 Å². The molecule has 0 saturated carbocycles. The van der Waals surface area contributed by atoms with Crippen molar-refractivity contribution in [1.82, 2.24) is 0 Å². The summed E-state index contributed by atoms with van der Waals surface area (Å²) in [6, 6.07) is 5.10. The van der Waals surface area contributed by atoms with Crippen LogP contribution in [-0.4, -0.2) is 11.4 Å². The van der Waals surface area contributed by atoms with Gasteiger partial charge in [-0.15, -0.1) is 0 Å². The SMILES string of the molecule is CC(C=O)c1cccc(O)c1Br. The molecule has 1 N–H and O–H groups in total. The number of aromatic hydroxyl groups is 1. The van der Waals surface area contributed by atoms with E-state index >= 15 is 0 Å². The summed E-state index contributed by atoms with van der Waals surface area (Å²) in [6.07, 6.45) is 0.847. The van der Waals surface area contributed by atoms with Crippen LogP contribution in [0, 0.1) is 0 Å². The van der Waals surface area contributed by atoms with E-state index in [1.54, 1.807) is 19.1 Å². The van der Waals surface area contributed by atoms with Gasteiger partial charge in [-0.3, -0.25) is 0 Å². The standard InChI is InChI=1S/C9H9BrO2/c1-6(5-11)7-3-2-4-8(12)9(7)10/h2-6,12H,1H3. The molecule has 0 aliphatic heterocycles. The second kappa shape index (κ2) is 3.72. The highest BCUT2D eigenvalue weighted by atomic mass is 79.9. The zero-order valence-corrected chi connectivity index (χ0v) is 8.21. The molecular weight excluding hydrogens is 220 g/mol. The fourth-order valence-electron chi connectivity index (χ4n) is 0.962. The molecule has 1 unspecified atom stereocenters. The normalized spacial score (nSPS) is 12.5. The quantitative estimate of drug-likeness (QED) is 0.791. The van der Waals surface area contributed by atoms with Crippen molar-refractivity contribution in [2.24, 2.45) is 0 Å². The Balaban J connectivity index is 3.15. The smallest absolute Gasteiger partial charge is 0.130 e. The minimum absolute atomic E-state index is 0.168. The molecule has 0 bridgehead atoms. The number of carbonyl (C=O) groups excluding carboxylic acids is 1. The zero-order valence-electron chi connectivity index (χ0n) is 6.62. The Morgan fingerprint density at radius 2 is 2.25 bits per heavy atom. The van der Waals surface area contributed by atoms with Crippen LogP contribution in [0.25, 0.3) is 0 Å². The molecule has 64 valence electrons. The summed E-state index contributed by atoms with van der Waals surface area (Å²) in [6.45, 7) is 1.78. The average Bonchev–Trinajstić information content (AvgIpc) is 2.08. The number of phenols is 1. The van der Waals surface area contributed by atoms with Gasteiger partial charge in [0, 0.05) is 5.92 Å². The Labute approximate surface area is 79.3 Å². The Kier molecular flexibility index (Phi) is 2.87. The van der Waals surface area contributed by atoms with Gasteiger partial charge in [0.1, 0.15) is 12.0 Å². The first-order valence-electron chi connectivity index (χ1n) is 3.59. The van der Waals surface area contributed by atoms with Crippen LogP contribution in [0.2, 0.25) is 0 Å². The third-order valence-electron chi connectivity index (χ3n) is 1.70. The molecule has 12 heavy (non-hydrogen) atoms. The minimum atomic E-state index is -0.188. The molecule has 1 rings (SSSR count). The van der Waals surface area contributed by atoms with Gasteiger partial charge >= 0.3 is 0 Å². The summed E-state index contributed by atoms with van der Waals surface area (Å²) >= 11 is 3.21. The second-order valence-electron chi connectivity index (χ2n) is 2.61. The van der Waals surface area contributed by atoms with Crippen molar-refractivity contribution < 1.29 is 9.90 Å². The second-order valence-corrected chi connectivity index (χ2v) is 3.40. The van der Waals surface area contributed by atoms with E-state index < -0.39 is 0 Å². The molecule has 0 radical (unpaired) electrons. The largest absolute Gasteiger partial charge is 0.507 e. The molecule has 1 aromatic rings. The molecule has 0 spiro atoms. The van der Waals surface area contributed by atoms with Crippen LogP contribution in [-0.2, 0) is 4.79 Å². The first-order valence-corrected chi connectivity index (χ1v) is 4.38. The van der Waals surface area contributed by atoms with Crippen molar-refractivity contribution in [3.05, 3.63) is 28.2 Å². The van der Waals surface area contributed by atoms with Crippen molar-refractivity contribution in [2.45, 2.75) is 12.8 Å². The van der Waals surface area contributed by atoms with Crippen LogP contribution in [0.3, 0.4) is 0 Å². The number of benzene rings is 1. The third kappa shape index (κ3) is 1.67. The first-order chi connectivity index (χ1) is 5.66. The number of hydrogen-bond acceptors (Lipinski definition) is 2. The lowest BCUT2D eigenvalue weighted by atomic mass is 10.0. The van der Waals surface area contributed by atoms with Crippen LogP contribution >= 0.6 is 15.9 Å². The van der Waals surface area contributed by atoms with Crippen molar-refractivity contribution in [2.75, 3.05) is 0 Å². The van der Waals surface area contributed by atoms with Gasteiger partial charge < -0.3 is 9.90 Å². The molecule has 1 atom stereocenters. The molecular formula is C9H9BrO2. The summed E-state index contributed by atoms with van der Waals surface area (Å²) in [7, 11) is 0. The highest BCUT2D eigenvalue weighted by molar-refractivity contribution is 9.10. The van der Waals surface area contributed by atoms with E-state index in [4.69, 9.17) is 0 Å². The predicted octanol–water partition coefficient (Wildman–Crippen LogP) is 2.46. The summed E-state index contributed by atoms with van der Waals surface area (Å²) in [5.74, 6) is -0.0207. The summed E-state index contributed by atoms with van der Waals surface area (Å²) in [4.78, 5) is 10.5. The molecule has 0 saturated heterocycles. The van der Waals surface area contributed by atoms with E-state index in [9.17, 15) is 9.90 Å². The summed E-state index contributed by atoms with van der Waals surface area (Å²) in [5.41, 5.74) is 0.810. The molecule has 0 aliphatic carbocycles. The lowest BCUT2D eigenvalue weighted by Gasteiger charge is -2.07. The highest BCUT2D eigenvalue weighted by Gasteiger charge is 2.09. The highest BCUT2D eigenvalue weighted by Crippen LogP contribution is 2.31. The maximum absolute atomic E-state index is 10.5. The van der Waals surface area contributed by atoms with Gasteiger partial charge in [0.25, 0.3) is 0 Å². The molecule has 0 aliphatic rings. The average molecular weight is 229 g/mol. The molecule has 0 fully saturated rings. The fourth-order valence-corrected chi connectivity index (χ4v) is 1.59. The Morgan fingerprint density at radius 3 is 2.83 bits per heavy atom. The maximum atomic E-state index is 10.5. The van der Waals surface area contributed by atoms with E-state index in [0.29, 0.717) is 4.47 Å². The Hall–Kier alpha value is -0.830. The number of phenolic OH excluding ortho intramolecular Hbond substituents is 1. The maximum Gasteiger partial charge on any atom is 0.130 e. The Bertz CT molecular complexity index is 297. The number of hydrogen-bond donors (Lipinski definition) is 1. The van der Waals surface area contributed by atoms with Crippen LogP contribution in [0.1, 0.15) is 18.4 Å². The predicted molar refractivity (Wildman–Crippen MR) is 50.3 cm³/mol. The summed E-state index contributed by atoms with van der Waals surface area (Å²) in [5, 5.41) is 9.28. The lowest BCUT2D eigenvalue weighted by molar-refractivity contribution is -0.108. The van der Waals surface area contributed by atoms with Crippen LogP contribution in [0.5, 0.6) is 5.75 Å². The lowest BCUT2D eigenvalue weighted by Crippen LogP contribution is -1.95. The number of carbonyl (C=O) groups is 1. The minimum Gasteiger partial charge on any atom is -0.507 e. The van der Waals surface area contributed by atoms with Crippen LogP contribution in [0.4, 0.5) is 0 Å². The Morgan fingerprint density at radius 1 is 1.58 bits per heavy atom. The zero-order chi connectivity index (χ0) is 9.14. The monoisotopic (exact) mass is 228 g/mol. The van der Waals surface area contributed by atoms with Gasteiger partial charge in [0.05, 0.1) is 4.47 Å². The molecule has 0 aromatic heterocycles. The first kappa shape index (κ1) is 9.26. The van der Waals surface area contributed by atoms with Gasteiger partial charge in [0.2, 0.25) is 0 Å².